The molecule has 0 fully saturated rings. The van der Waals surface area contributed by atoms with E-state index < -0.39 is 0 Å². The van der Waals surface area contributed by atoms with Crippen LogP contribution in [-0.4, -0.2) is 49.4 Å². The monoisotopic (exact) mass is 1790 g/mol. The van der Waals surface area contributed by atoms with Crippen LogP contribution < -0.4 is 0 Å². The molecule has 27 rings (SSSR count). The number of aromatic nitrogens is 10. The van der Waals surface area contributed by atoms with Gasteiger partial charge < -0.3 is 8.98 Å². The number of pyridine rings is 3. The van der Waals surface area contributed by atoms with Crippen LogP contribution in [0.25, 0.3) is 227 Å². The van der Waals surface area contributed by atoms with E-state index in [0.29, 0.717) is 5.82 Å². The van der Waals surface area contributed by atoms with E-state index in [1.54, 1.807) is 6.20 Å². The number of furan rings is 1. The van der Waals surface area contributed by atoms with Crippen LogP contribution in [0.2, 0.25) is 0 Å². The minimum Gasteiger partial charge on any atom is -0.455 e. The third kappa shape index (κ3) is 14.0. The van der Waals surface area contributed by atoms with Crippen LogP contribution >= 0.6 is 11.3 Å². The second kappa shape index (κ2) is 33.2. The lowest BCUT2D eigenvalue weighted by Crippen LogP contribution is -2.17. The quantitative estimate of drug-likeness (QED) is 0.116. The summed E-state index contributed by atoms with van der Waals surface area (Å²) in [5.41, 5.74) is 38.6. The van der Waals surface area contributed by atoms with Crippen molar-refractivity contribution in [3.8, 4) is 163 Å². The van der Waals surface area contributed by atoms with Gasteiger partial charge in [-0.3, -0.25) is 15.0 Å². The van der Waals surface area contributed by atoms with Crippen molar-refractivity contribution < 1.29 is 4.42 Å². The SMILES string of the molecule is CC1(C)c2ccccc2-c2nc(-c3ccc(-c4cccc5c4oc4ccccc45)cc3)nc(-c3cccc(-c4cccnc4)c3)c21.CC1(C)c2ccccc2-c2nc(-c3ccc(-c4cccc5c4sc4ccccc45)cc3)nc(-c3cccc(-c4cccnc4)c3)c21.CC1(C)c2ccccc2-c2nc(-c3ccc(-n4c5ccccc5c5ccccc54)cc3)nc(-c3ccc(-c4ccccn4)cc3)c21. The first kappa shape index (κ1) is 82.7. The average Bonchev–Trinajstić information content (AvgIpc) is 1.56. The molecule has 0 amide bonds. The molecule has 11 nitrogen and oxygen atoms in total. The van der Waals surface area contributed by atoms with Gasteiger partial charge in [-0.1, -0.05) is 351 Å². The van der Waals surface area contributed by atoms with Crippen LogP contribution in [0.3, 0.4) is 0 Å². The molecule has 15 aromatic carbocycles. The molecule has 3 aliphatic rings. The number of nitrogens with zero attached hydrogens (tertiary/aromatic N) is 10. The van der Waals surface area contributed by atoms with Gasteiger partial charge in [-0.15, -0.1) is 11.3 Å². The number of para-hydroxylation sites is 4. The molecule has 0 atom stereocenters. The minimum atomic E-state index is -0.251. The second-order valence-electron chi connectivity index (χ2n) is 37.4. The molecule has 9 heterocycles. The maximum Gasteiger partial charge on any atom is 0.160 e. The Balaban J connectivity index is 0.000000110. The first-order valence-electron chi connectivity index (χ1n) is 46.9. The highest BCUT2D eigenvalue weighted by molar-refractivity contribution is 7.26. The van der Waals surface area contributed by atoms with Gasteiger partial charge in [-0.05, 0) is 129 Å². The number of hydrogen-bond acceptors (Lipinski definition) is 11. The van der Waals surface area contributed by atoms with Crippen molar-refractivity contribution in [2.75, 3.05) is 0 Å². The van der Waals surface area contributed by atoms with Crippen LogP contribution in [-0.2, 0) is 16.2 Å². The predicted molar refractivity (Wildman–Crippen MR) is 566 cm³/mol. The minimum absolute atomic E-state index is 0.236. The van der Waals surface area contributed by atoms with Gasteiger partial charge >= 0.3 is 0 Å². The fourth-order valence-corrected chi connectivity index (χ4v) is 22.7. The number of rotatable bonds is 12. The lowest BCUT2D eigenvalue weighted by Gasteiger charge is -2.24. The molecule has 138 heavy (non-hydrogen) atoms. The van der Waals surface area contributed by atoms with Crippen LogP contribution in [0.4, 0.5) is 0 Å². The van der Waals surface area contributed by atoms with E-state index in [9.17, 15) is 0 Å². The largest absolute Gasteiger partial charge is 0.455 e. The zero-order valence-corrected chi connectivity index (χ0v) is 77.5. The summed E-state index contributed by atoms with van der Waals surface area (Å²) in [7, 11) is 0. The van der Waals surface area contributed by atoms with Gasteiger partial charge in [0.2, 0.25) is 0 Å². The molecule has 0 bridgehead atoms. The van der Waals surface area contributed by atoms with Crippen molar-refractivity contribution in [3.63, 3.8) is 0 Å². The zero-order chi connectivity index (χ0) is 92.5. The Morgan fingerprint density at radius 3 is 1.14 bits per heavy atom. The van der Waals surface area contributed by atoms with Gasteiger partial charge in [0, 0.05) is 184 Å². The maximum absolute atomic E-state index is 6.33. The van der Waals surface area contributed by atoms with Crippen molar-refractivity contribution in [1.29, 1.82) is 0 Å². The number of thiophene rings is 1. The van der Waals surface area contributed by atoms with Crippen molar-refractivity contribution in [1.82, 2.24) is 49.4 Å². The third-order valence-corrected chi connectivity index (χ3v) is 29.4. The Bertz CT molecular complexity index is 8550. The van der Waals surface area contributed by atoms with Crippen molar-refractivity contribution >= 4 is 75.3 Å². The van der Waals surface area contributed by atoms with E-state index in [-0.39, 0.29) is 16.2 Å². The number of hydrogen-bond donors (Lipinski definition) is 0. The van der Waals surface area contributed by atoms with Crippen molar-refractivity contribution in [2.24, 2.45) is 0 Å². The molecule has 0 saturated heterocycles. The van der Waals surface area contributed by atoms with Crippen LogP contribution in [0, 0.1) is 0 Å². The molecule has 0 N–H and O–H groups in total. The molecule has 0 aliphatic heterocycles. The smallest absolute Gasteiger partial charge is 0.160 e. The zero-order valence-electron chi connectivity index (χ0n) is 76.7. The Hall–Kier alpha value is -17.2. The highest BCUT2D eigenvalue weighted by atomic mass is 32.1. The van der Waals surface area contributed by atoms with E-state index >= 15 is 0 Å². The summed E-state index contributed by atoms with van der Waals surface area (Å²) in [4.78, 5) is 45.1. The molecular formula is C126H88N10OS. The molecule has 0 unspecified atom stereocenters. The lowest BCUT2D eigenvalue weighted by molar-refractivity contribution is 0.657. The molecule has 654 valence electrons. The van der Waals surface area contributed by atoms with Gasteiger partial charge in [-0.25, -0.2) is 29.9 Å². The summed E-state index contributed by atoms with van der Waals surface area (Å²) >= 11 is 1.86. The summed E-state index contributed by atoms with van der Waals surface area (Å²) in [6.07, 6.45) is 9.26. The van der Waals surface area contributed by atoms with Crippen LogP contribution in [0.1, 0.15) is 74.9 Å². The number of fused-ring (bicyclic) bond motifs is 18. The number of benzene rings is 15. The second-order valence-corrected chi connectivity index (χ2v) is 38.5. The Morgan fingerprint density at radius 2 is 0.630 bits per heavy atom. The first-order chi connectivity index (χ1) is 67.7. The molecule has 0 saturated carbocycles. The summed E-state index contributed by atoms with van der Waals surface area (Å²) in [6, 6.07) is 139. The Morgan fingerprint density at radius 1 is 0.254 bits per heavy atom. The fraction of sp³-hybridized carbons (Fsp3) is 0.0714. The van der Waals surface area contributed by atoms with Gasteiger partial charge in [0.25, 0.3) is 0 Å². The van der Waals surface area contributed by atoms with Crippen molar-refractivity contribution in [2.45, 2.75) is 57.8 Å². The Kier molecular flexibility index (Phi) is 19.9. The highest BCUT2D eigenvalue weighted by Crippen LogP contribution is 2.56. The van der Waals surface area contributed by atoms with E-state index in [1.807, 2.05) is 78.6 Å². The molecule has 9 aromatic heterocycles. The van der Waals surface area contributed by atoms with Crippen LogP contribution in [0.5, 0.6) is 0 Å². The van der Waals surface area contributed by atoms with Gasteiger partial charge in [-0.2, -0.15) is 0 Å². The topological polar surface area (TPSA) is 134 Å². The fourth-order valence-electron chi connectivity index (χ4n) is 21.5. The van der Waals surface area contributed by atoms with Crippen LogP contribution in [0.15, 0.2) is 430 Å². The predicted octanol–water partition coefficient (Wildman–Crippen LogP) is 32.2. The standard InChI is InChI=1S/C42H30N4.C42H29N3O.C42H29N3S/c1-42(2)34-14-6-3-13-33(34)40-38(42)39(28-20-18-27(19-21-28)35-15-9-10-26-43-35)44-41(45-40)29-22-24-30(25-23-29)46-36-16-7-4-11-31(36)32-12-5-8-17-37(32)46;2*1-42(2)35-17-5-3-14-34(35)39-37(42)38(29-11-7-10-28(24-29)30-12-9-23-43-25-30)44-41(45-39)27-21-19-26(20-22-27)31-15-8-16-33-32-13-4-6-18-36(32)46-40(31)33/h3-26H,1-2H3;2*3-25H,1-2H3. The molecule has 24 aromatic rings. The maximum atomic E-state index is 6.33. The molecule has 3 aliphatic carbocycles. The molecule has 0 radical (unpaired) electrons. The first-order valence-corrected chi connectivity index (χ1v) is 47.7. The van der Waals surface area contributed by atoms with E-state index in [0.717, 1.165) is 157 Å². The third-order valence-electron chi connectivity index (χ3n) is 28.2. The van der Waals surface area contributed by atoms with Gasteiger partial charge in [0.15, 0.2) is 17.5 Å². The molecule has 0 spiro atoms. The van der Waals surface area contributed by atoms with E-state index in [4.69, 9.17) is 34.3 Å². The summed E-state index contributed by atoms with van der Waals surface area (Å²) in [5, 5.41) is 7.39. The highest BCUT2D eigenvalue weighted by Gasteiger charge is 2.44. The summed E-state index contributed by atoms with van der Waals surface area (Å²) < 4.78 is 11.3. The normalized spacial score (nSPS) is 13.2. The molecule has 12 heteroatoms. The lowest BCUT2D eigenvalue weighted by atomic mass is 9.80. The summed E-state index contributed by atoms with van der Waals surface area (Å²) in [5.74, 6) is 2.17. The van der Waals surface area contributed by atoms with Gasteiger partial charge in [0.05, 0.1) is 50.9 Å². The summed E-state index contributed by atoms with van der Waals surface area (Å²) in [6.45, 7) is 13.7. The molecular weight excluding hydrogens is 1700 g/mol. The van der Waals surface area contributed by atoms with E-state index in [2.05, 4.69) is 413 Å². The van der Waals surface area contributed by atoms with Gasteiger partial charge in [0.1, 0.15) is 11.2 Å². The average molecular weight is 1790 g/mol. The van der Waals surface area contributed by atoms with Crippen molar-refractivity contribution in [3.05, 3.63) is 459 Å². The Labute approximate surface area is 803 Å². The van der Waals surface area contributed by atoms with E-state index in [1.165, 1.54) is 97.6 Å².